The molecule has 2 N–H and O–H groups in total. The van der Waals surface area contributed by atoms with E-state index >= 15 is 0 Å². The maximum atomic E-state index is 12.3. The highest BCUT2D eigenvalue weighted by atomic mass is 16.2. The molecule has 1 aliphatic rings. The van der Waals surface area contributed by atoms with Crippen LogP contribution in [0.3, 0.4) is 0 Å². The molecular formula is C16H24N2O. The van der Waals surface area contributed by atoms with E-state index < -0.39 is 0 Å². The van der Waals surface area contributed by atoms with Crippen LogP contribution in [0.1, 0.15) is 31.7 Å². The first-order valence-electron chi connectivity index (χ1n) is 7.24. The van der Waals surface area contributed by atoms with E-state index in [0.29, 0.717) is 18.9 Å². The fraction of sp³-hybridized carbons (Fsp3) is 0.562. The number of benzene rings is 1. The van der Waals surface area contributed by atoms with Gasteiger partial charge in [-0.05, 0) is 30.7 Å². The van der Waals surface area contributed by atoms with Gasteiger partial charge in [0.25, 0.3) is 0 Å². The van der Waals surface area contributed by atoms with Crippen molar-refractivity contribution in [2.45, 2.75) is 38.6 Å². The van der Waals surface area contributed by atoms with Crippen LogP contribution in [0, 0.1) is 5.92 Å². The molecule has 0 bridgehead atoms. The third-order valence-electron chi connectivity index (χ3n) is 4.04. The number of rotatable bonds is 4. The number of amides is 1. The zero-order valence-corrected chi connectivity index (χ0v) is 11.7. The summed E-state index contributed by atoms with van der Waals surface area (Å²) in [5.74, 6) is 0.943. The number of hydrogen-bond donors (Lipinski definition) is 1. The molecule has 0 saturated carbocycles. The van der Waals surface area contributed by atoms with Crippen LogP contribution >= 0.6 is 0 Å². The van der Waals surface area contributed by atoms with Gasteiger partial charge in [0.05, 0.1) is 0 Å². The van der Waals surface area contributed by atoms with Crippen LogP contribution in [0.4, 0.5) is 0 Å². The molecule has 1 aliphatic heterocycles. The summed E-state index contributed by atoms with van der Waals surface area (Å²) in [4.78, 5) is 14.3. The van der Waals surface area contributed by atoms with E-state index in [1.807, 2.05) is 23.1 Å². The smallest absolute Gasteiger partial charge is 0.223 e. The summed E-state index contributed by atoms with van der Waals surface area (Å²) in [6, 6.07) is 10.4. The number of piperidine rings is 1. The summed E-state index contributed by atoms with van der Waals surface area (Å²) in [5.41, 5.74) is 7.03. The number of nitrogens with zero attached hydrogens (tertiary/aromatic N) is 1. The molecule has 2 rings (SSSR count). The van der Waals surface area contributed by atoms with E-state index in [1.165, 1.54) is 5.56 Å². The molecule has 0 radical (unpaired) electrons. The maximum Gasteiger partial charge on any atom is 0.223 e. The van der Waals surface area contributed by atoms with E-state index in [1.54, 1.807) is 0 Å². The topological polar surface area (TPSA) is 46.3 Å². The largest absolute Gasteiger partial charge is 0.338 e. The summed E-state index contributed by atoms with van der Waals surface area (Å²) in [5, 5.41) is 0. The molecule has 2 unspecified atom stereocenters. The van der Waals surface area contributed by atoms with Gasteiger partial charge in [0.1, 0.15) is 0 Å². The lowest BCUT2D eigenvalue weighted by Crippen LogP contribution is -2.49. The van der Waals surface area contributed by atoms with Gasteiger partial charge in [-0.2, -0.15) is 0 Å². The Morgan fingerprint density at radius 3 is 2.79 bits per heavy atom. The Kier molecular flexibility index (Phi) is 4.97. The Balaban J connectivity index is 1.88. The van der Waals surface area contributed by atoms with Gasteiger partial charge in [-0.3, -0.25) is 4.79 Å². The molecule has 3 heteroatoms. The van der Waals surface area contributed by atoms with Gasteiger partial charge in [0, 0.05) is 25.6 Å². The van der Waals surface area contributed by atoms with Crippen molar-refractivity contribution in [3.63, 3.8) is 0 Å². The summed E-state index contributed by atoms with van der Waals surface area (Å²) in [6.07, 6.45) is 3.57. The molecule has 1 saturated heterocycles. The van der Waals surface area contributed by atoms with E-state index in [9.17, 15) is 4.79 Å². The molecular weight excluding hydrogens is 236 g/mol. The second kappa shape index (κ2) is 6.71. The molecule has 104 valence electrons. The molecule has 0 spiro atoms. The van der Waals surface area contributed by atoms with Crippen molar-refractivity contribution in [2.24, 2.45) is 11.7 Å². The van der Waals surface area contributed by atoms with Crippen LogP contribution in [0.25, 0.3) is 0 Å². The van der Waals surface area contributed by atoms with Gasteiger partial charge in [-0.25, -0.2) is 0 Å². The minimum absolute atomic E-state index is 0.243. The average molecular weight is 260 g/mol. The third kappa shape index (κ3) is 3.80. The highest BCUT2D eigenvalue weighted by molar-refractivity contribution is 5.77. The summed E-state index contributed by atoms with van der Waals surface area (Å²) < 4.78 is 0. The minimum Gasteiger partial charge on any atom is -0.338 e. The Morgan fingerprint density at radius 1 is 1.37 bits per heavy atom. The monoisotopic (exact) mass is 260 g/mol. The molecule has 0 aromatic heterocycles. The Labute approximate surface area is 115 Å². The van der Waals surface area contributed by atoms with Crippen LogP contribution in [0.2, 0.25) is 0 Å². The van der Waals surface area contributed by atoms with Crippen molar-refractivity contribution >= 4 is 5.91 Å². The number of carbonyl (C=O) groups is 1. The highest BCUT2D eigenvalue weighted by Gasteiger charge is 2.28. The van der Waals surface area contributed by atoms with Gasteiger partial charge in [0.15, 0.2) is 0 Å². The lowest BCUT2D eigenvalue weighted by atomic mass is 9.92. The number of nitrogens with two attached hydrogens (primary N) is 1. The molecule has 1 fully saturated rings. The molecule has 19 heavy (non-hydrogen) atoms. The first-order chi connectivity index (χ1) is 9.20. The second-order valence-corrected chi connectivity index (χ2v) is 5.59. The Bertz CT molecular complexity index is 404. The van der Waals surface area contributed by atoms with E-state index in [2.05, 4.69) is 19.1 Å². The molecule has 2 atom stereocenters. The number of hydrogen-bond acceptors (Lipinski definition) is 2. The zero-order chi connectivity index (χ0) is 13.7. The number of aryl methyl sites for hydroxylation is 1. The van der Waals surface area contributed by atoms with Crippen LogP contribution in [0.15, 0.2) is 30.3 Å². The molecule has 1 aromatic carbocycles. The molecule has 1 heterocycles. The first kappa shape index (κ1) is 14.1. The fourth-order valence-electron chi connectivity index (χ4n) is 2.84. The van der Waals surface area contributed by atoms with Gasteiger partial charge in [-0.15, -0.1) is 0 Å². The number of likely N-dealkylation sites (tertiary alicyclic amines) is 1. The SMILES string of the molecule is CC1CCN(C(=O)CCc2ccccc2)C(CN)C1. The first-order valence-corrected chi connectivity index (χ1v) is 7.24. The number of carbonyl (C=O) groups excluding carboxylic acids is 1. The maximum absolute atomic E-state index is 12.3. The quantitative estimate of drug-likeness (QED) is 0.902. The van der Waals surface area contributed by atoms with Crippen LogP contribution in [-0.2, 0) is 11.2 Å². The fourth-order valence-corrected chi connectivity index (χ4v) is 2.84. The standard InChI is InChI=1S/C16H24N2O/c1-13-9-10-18(15(11-13)12-17)16(19)8-7-14-5-3-2-4-6-14/h2-6,13,15H,7-12,17H2,1H3. The molecule has 1 aromatic rings. The van der Waals surface area contributed by atoms with Crippen molar-refractivity contribution in [1.82, 2.24) is 4.90 Å². The van der Waals surface area contributed by atoms with E-state index in [0.717, 1.165) is 25.8 Å². The summed E-state index contributed by atoms with van der Waals surface area (Å²) in [6.45, 7) is 3.70. The Morgan fingerprint density at radius 2 is 2.11 bits per heavy atom. The normalized spacial score (nSPS) is 23.4. The van der Waals surface area contributed by atoms with Gasteiger partial charge in [0.2, 0.25) is 5.91 Å². The van der Waals surface area contributed by atoms with Crippen LogP contribution < -0.4 is 5.73 Å². The highest BCUT2D eigenvalue weighted by Crippen LogP contribution is 2.22. The summed E-state index contributed by atoms with van der Waals surface area (Å²) >= 11 is 0. The third-order valence-corrected chi connectivity index (χ3v) is 4.04. The molecule has 3 nitrogen and oxygen atoms in total. The van der Waals surface area contributed by atoms with Crippen LogP contribution in [0.5, 0.6) is 0 Å². The van der Waals surface area contributed by atoms with Gasteiger partial charge >= 0.3 is 0 Å². The second-order valence-electron chi connectivity index (χ2n) is 5.59. The molecule has 0 aliphatic carbocycles. The predicted octanol–water partition coefficient (Wildman–Crippen LogP) is 2.21. The predicted molar refractivity (Wildman–Crippen MR) is 77.7 cm³/mol. The van der Waals surface area contributed by atoms with Gasteiger partial charge < -0.3 is 10.6 Å². The van der Waals surface area contributed by atoms with Crippen molar-refractivity contribution < 1.29 is 4.79 Å². The van der Waals surface area contributed by atoms with E-state index in [-0.39, 0.29) is 11.9 Å². The average Bonchev–Trinajstić information content (AvgIpc) is 2.45. The van der Waals surface area contributed by atoms with E-state index in [4.69, 9.17) is 5.73 Å². The lowest BCUT2D eigenvalue weighted by Gasteiger charge is -2.38. The summed E-state index contributed by atoms with van der Waals surface area (Å²) in [7, 11) is 0. The Hall–Kier alpha value is -1.35. The minimum atomic E-state index is 0.243. The van der Waals surface area contributed by atoms with Crippen molar-refractivity contribution in [3.8, 4) is 0 Å². The van der Waals surface area contributed by atoms with Gasteiger partial charge in [-0.1, -0.05) is 37.3 Å². The van der Waals surface area contributed by atoms with Crippen molar-refractivity contribution in [2.75, 3.05) is 13.1 Å². The molecule has 1 amide bonds. The van der Waals surface area contributed by atoms with Crippen molar-refractivity contribution in [3.05, 3.63) is 35.9 Å². The van der Waals surface area contributed by atoms with Crippen molar-refractivity contribution in [1.29, 1.82) is 0 Å². The zero-order valence-electron chi connectivity index (χ0n) is 11.7. The van der Waals surface area contributed by atoms with Crippen LogP contribution in [-0.4, -0.2) is 29.9 Å². The lowest BCUT2D eigenvalue weighted by molar-refractivity contribution is -0.135.